The third kappa shape index (κ3) is 5.32. The van der Waals surface area contributed by atoms with Crippen LogP contribution in [0.4, 0.5) is 0 Å². The maximum absolute atomic E-state index is 12.9. The van der Waals surface area contributed by atoms with Crippen molar-refractivity contribution in [3.63, 3.8) is 0 Å². The second kappa shape index (κ2) is 9.86. The van der Waals surface area contributed by atoms with Crippen LogP contribution < -0.4 is 5.32 Å². The summed E-state index contributed by atoms with van der Waals surface area (Å²) in [5.41, 5.74) is 4.69. The van der Waals surface area contributed by atoms with E-state index >= 15 is 0 Å². The Morgan fingerprint density at radius 2 is 1.97 bits per heavy atom. The molecule has 7 nitrogen and oxygen atoms in total. The van der Waals surface area contributed by atoms with Gasteiger partial charge in [0.05, 0.1) is 18.3 Å². The number of aliphatic hydroxyl groups excluding tert-OH is 1. The number of aromatic nitrogens is 3. The SMILES string of the molecule is CN(Cc1cc(C2CC2)[nH]n1)C(=O)c1ccc(C[C@@H]2CC[C@H]([C@H](O)c3ccc(Cl)nc3)N2)cc1. The molecule has 1 saturated heterocycles. The van der Waals surface area contributed by atoms with Gasteiger partial charge in [0.2, 0.25) is 0 Å². The minimum atomic E-state index is -0.611. The van der Waals surface area contributed by atoms with Crippen molar-refractivity contribution in [1.82, 2.24) is 25.4 Å². The van der Waals surface area contributed by atoms with Crippen molar-refractivity contribution in [2.24, 2.45) is 0 Å². The highest BCUT2D eigenvalue weighted by molar-refractivity contribution is 6.29. The molecule has 3 atom stereocenters. The number of aliphatic hydroxyl groups is 1. The van der Waals surface area contributed by atoms with Crippen molar-refractivity contribution in [1.29, 1.82) is 0 Å². The van der Waals surface area contributed by atoms with Gasteiger partial charge in [0.25, 0.3) is 5.91 Å². The van der Waals surface area contributed by atoms with Crippen LogP contribution in [0.2, 0.25) is 5.15 Å². The van der Waals surface area contributed by atoms with Gasteiger partial charge in [-0.25, -0.2) is 4.98 Å². The highest BCUT2D eigenvalue weighted by atomic mass is 35.5. The maximum atomic E-state index is 12.9. The Kier molecular flexibility index (Phi) is 6.68. The number of carbonyl (C=O) groups is 1. The number of H-pyrrole nitrogens is 1. The number of rotatable bonds is 8. The van der Waals surface area contributed by atoms with Crippen LogP contribution in [-0.2, 0) is 13.0 Å². The first kappa shape index (κ1) is 23.0. The smallest absolute Gasteiger partial charge is 0.253 e. The topological polar surface area (TPSA) is 94.1 Å². The molecule has 178 valence electrons. The Labute approximate surface area is 204 Å². The van der Waals surface area contributed by atoms with E-state index in [4.69, 9.17) is 11.6 Å². The number of benzene rings is 1. The van der Waals surface area contributed by atoms with E-state index in [1.165, 1.54) is 24.1 Å². The number of carbonyl (C=O) groups excluding carboxylic acids is 1. The van der Waals surface area contributed by atoms with Gasteiger partial charge >= 0.3 is 0 Å². The Bertz CT molecular complexity index is 1130. The fourth-order valence-corrected chi connectivity index (χ4v) is 4.83. The Morgan fingerprint density at radius 3 is 2.68 bits per heavy atom. The molecule has 0 bridgehead atoms. The molecule has 0 spiro atoms. The first-order chi connectivity index (χ1) is 16.5. The van der Waals surface area contributed by atoms with Crippen LogP contribution in [0.15, 0.2) is 48.7 Å². The lowest BCUT2D eigenvalue weighted by Gasteiger charge is -2.20. The van der Waals surface area contributed by atoms with Crippen LogP contribution in [0.1, 0.15) is 70.6 Å². The number of amides is 1. The second-order valence-corrected chi connectivity index (χ2v) is 9.94. The summed E-state index contributed by atoms with van der Waals surface area (Å²) in [5, 5.41) is 22.1. The predicted molar refractivity (Wildman–Crippen MR) is 131 cm³/mol. The standard InChI is InChI=1S/C26H30ClN5O2/c1-32(15-21-13-23(31-30-21)17-6-7-17)26(34)18-4-2-16(3-5-18)12-20-9-10-22(29-20)25(33)19-8-11-24(27)28-14-19/h2-5,8,11,13-14,17,20,22,25,29,33H,6-7,9-10,12,15H2,1H3,(H,30,31)/t20-,22+,25+/m0/s1. The molecule has 0 radical (unpaired) electrons. The summed E-state index contributed by atoms with van der Waals surface area (Å²) in [7, 11) is 1.81. The highest BCUT2D eigenvalue weighted by Crippen LogP contribution is 2.39. The summed E-state index contributed by atoms with van der Waals surface area (Å²) in [6.07, 6.45) is 6.20. The number of aromatic amines is 1. The first-order valence-corrected chi connectivity index (χ1v) is 12.3. The van der Waals surface area contributed by atoms with Crippen molar-refractivity contribution >= 4 is 17.5 Å². The van der Waals surface area contributed by atoms with Crippen molar-refractivity contribution in [3.05, 3.63) is 81.9 Å². The van der Waals surface area contributed by atoms with Gasteiger partial charge < -0.3 is 15.3 Å². The molecule has 1 aromatic carbocycles. The zero-order valence-electron chi connectivity index (χ0n) is 19.2. The van der Waals surface area contributed by atoms with E-state index in [1.807, 2.05) is 37.4 Å². The molecule has 2 aromatic heterocycles. The van der Waals surface area contributed by atoms with Gasteiger partial charge in [-0.1, -0.05) is 29.8 Å². The summed E-state index contributed by atoms with van der Waals surface area (Å²) in [4.78, 5) is 18.6. The number of hydrogen-bond acceptors (Lipinski definition) is 5. The average molecular weight is 480 g/mol. The quantitative estimate of drug-likeness (QED) is 0.424. The molecule has 5 rings (SSSR count). The number of halogens is 1. The van der Waals surface area contributed by atoms with E-state index in [-0.39, 0.29) is 18.0 Å². The molecular weight excluding hydrogens is 450 g/mol. The summed E-state index contributed by atoms with van der Waals surface area (Å²) in [6.45, 7) is 0.489. The van der Waals surface area contributed by atoms with Gasteiger partial charge in [-0.3, -0.25) is 9.89 Å². The van der Waals surface area contributed by atoms with E-state index in [9.17, 15) is 9.90 Å². The van der Waals surface area contributed by atoms with Crippen LogP contribution in [-0.4, -0.2) is 50.2 Å². The molecule has 1 amide bonds. The highest BCUT2D eigenvalue weighted by Gasteiger charge is 2.30. The van der Waals surface area contributed by atoms with Gasteiger partial charge in [-0.2, -0.15) is 5.10 Å². The number of nitrogens with one attached hydrogen (secondary N) is 2. The molecule has 3 N–H and O–H groups in total. The maximum Gasteiger partial charge on any atom is 0.253 e. The van der Waals surface area contributed by atoms with Crippen molar-refractivity contribution in [2.45, 2.75) is 62.8 Å². The summed E-state index contributed by atoms with van der Waals surface area (Å²) >= 11 is 5.85. The lowest BCUT2D eigenvalue weighted by Crippen LogP contribution is -2.35. The van der Waals surface area contributed by atoms with E-state index in [0.29, 0.717) is 23.2 Å². The van der Waals surface area contributed by atoms with E-state index in [1.54, 1.807) is 17.2 Å². The molecule has 3 aromatic rings. The molecule has 1 aliphatic carbocycles. The van der Waals surface area contributed by atoms with Crippen LogP contribution >= 0.6 is 11.6 Å². The molecule has 2 aliphatic rings. The van der Waals surface area contributed by atoms with Crippen molar-refractivity contribution < 1.29 is 9.90 Å². The predicted octanol–water partition coefficient (Wildman–Crippen LogP) is 4.00. The van der Waals surface area contributed by atoms with E-state index in [0.717, 1.165) is 30.5 Å². The third-order valence-corrected chi connectivity index (χ3v) is 7.07. The zero-order valence-corrected chi connectivity index (χ0v) is 20.0. The van der Waals surface area contributed by atoms with E-state index < -0.39 is 6.10 Å². The molecule has 1 saturated carbocycles. The van der Waals surface area contributed by atoms with E-state index in [2.05, 4.69) is 26.6 Å². The lowest BCUT2D eigenvalue weighted by molar-refractivity contribution is 0.0783. The lowest BCUT2D eigenvalue weighted by atomic mass is 10.0. The molecule has 0 unspecified atom stereocenters. The minimum Gasteiger partial charge on any atom is -0.387 e. The van der Waals surface area contributed by atoms with Crippen LogP contribution in [0.3, 0.4) is 0 Å². The van der Waals surface area contributed by atoms with Crippen molar-refractivity contribution in [3.8, 4) is 0 Å². The molecule has 3 heterocycles. The molecule has 34 heavy (non-hydrogen) atoms. The minimum absolute atomic E-state index is 0.00931. The Hall–Kier alpha value is -2.74. The largest absolute Gasteiger partial charge is 0.387 e. The first-order valence-electron chi connectivity index (χ1n) is 11.9. The zero-order chi connectivity index (χ0) is 23.7. The third-order valence-electron chi connectivity index (χ3n) is 6.85. The second-order valence-electron chi connectivity index (χ2n) is 9.56. The molecule has 2 fully saturated rings. The normalized spacial score (nSPS) is 20.9. The number of pyridine rings is 1. The average Bonchev–Trinajstić information content (AvgIpc) is 3.42. The van der Waals surface area contributed by atoms with Gasteiger partial charge in [-0.05, 0) is 61.9 Å². The van der Waals surface area contributed by atoms with Crippen LogP contribution in [0, 0.1) is 0 Å². The Balaban J connectivity index is 1.13. The van der Waals surface area contributed by atoms with Gasteiger partial charge in [0, 0.05) is 48.1 Å². The van der Waals surface area contributed by atoms with Crippen LogP contribution in [0.25, 0.3) is 0 Å². The summed E-state index contributed by atoms with van der Waals surface area (Å²) in [5.74, 6) is 0.610. The van der Waals surface area contributed by atoms with Gasteiger partial charge in [-0.15, -0.1) is 0 Å². The van der Waals surface area contributed by atoms with Crippen molar-refractivity contribution in [2.75, 3.05) is 7.05 Å². The number of nitrogens with zero attached hydrogens (tertiary/aromatic N) is 3. The molecular formula is C26H30ClN5O2. The fourth-order valence-electron chi connectivity index (χ4n) is 4.72. The molecule has 8 heteroatoms. The monoisotopic (exact) mass is 479 g/mol. The van der Waals surface area contributed by atoms with Crippen LogP contribution in [0.5, 0.6) is 0 Å². The summed E-state index contributed by atoms with van der Waals surface area (Å²) in [6, 6.07) is 13.7. The summed E-state index contributed by atoms with van der Waals surface area (Å²) < 4.78 is 0. The molecule has 1 aliphatic heterocycles. The van der Waals surface area contributed by atoms with Gasteiger partial charge in [0.1, 0.15) is 5.15 Å². The Morgan fingerprint density at radius 1 is 1.18 bits per heavy atom. The number of hydrogen-bond donors (Lipinski definition) is 3. The fraction of sp³-hybridized carbons (Fsp3) is 0.423. The van der Waals surface area contributed by atoms with Gasteiger partial charge in [0.15, 0.2) is 0 Å².